The highest BCUT2D eigenvalue weighted by Crippen LogP contribution is 2.22. The van der Waals surface area contributed by atoms with E-state index in [1.54, 1.807) is 35.0 Å². The van der Waals surface area contributed by atoms with Gasteiger partial charge in [0.1, 0.15) is 17.4 Å². The fraction of sp³-hybridized carbons (Fsp3) is 0.545. The van der Waals surface area contributed by atoms with Gasteiger partial charge in [0.05, 0.1) is 25.9 Å². The van der Waals surface area contributed by atoms with E-state index in [9.17, 15) is 19.5 Å². The van der Waals surface area contributed by atoms with Crippen LogP contribution in [-0.4, -0.2) is 74.2 Å². The molecule has 2 rings (SSSR count). The first-order valence-electron chi connectivity index (χ1n) is 14.7. The summed E-state index contributed by atoms with van der Waals surface area (Å²) >= 11 is 0. The molecular formula is C33H49N3O7. The maximum atomic E-state index is 13.8. The number of methoxy groups -OCH3 is 2. The van der Waals surface area contributed by atoms with Crippen molar-refractivity contribution >= 4 is 17.9 Å². The van der Waals surface area contributed by atoms with Gasteiger partial charge in [-0.25, -0.2) is 4.79 Å². The molecule has 2 aromatic rings. The molecule has 3 amide bonds. The van der Waals surface area contributed by atoms with Gasteiger partial charge in [-0.2, -0.15) is 0 Å². The highest BCUT2D eigenvalue weighted by Gasteiger charge is 2.32. The number of rotatable bonds is 16. The number of alkyl carbamates (subject to hydrolysis) is 1. The van der Waals surface area contributed by atoms with Gasteiger partial charge in [-0.1, -0.05) is 56.3 Å². The Morgan fingerprint density at radius 1 is 0.884 bits per heavy atom. The molecule has 2 aromatic carbocycles. The van der Waals surface area contributed by atoms with Crippen molar-refractivity contribution in [1.29, 1.82) is 0 Å². The number of aliphatic hydroxyl groups excluding tert-OH is 1. The van der Waals surface area contributed by atoms with Crippen LogP contribution in [0.1, 0.15) is 52.2 Å². The highest BCUT2D eigenvalue weighted by atomic mass is 16.6. The number of benzene rings is 2. The van der Waals surface area contributed by atoms with Crippen LogP contribution in [0.25, 0.3) is 0 Å². The van der Waals surface area contributed by atoms with E-state index in [0.29, 0.717) is 25.3 Å². The Balaban J connectivity index is 2.34. The predicted octanol–water partition coefficient (Wildman–Crippen LogP) is 3.64. The van der Waals surface area contributed by atoms with E-state index in [0.717, 1.165) is 11.1 Å². The summed E-state index contributed by atoms with van der Waals surface area (Å²) in [6, 6.07) is 15.3. The Morgan fingerprint density at radius 3 is 2.16 bits per heavy atom. The largest absolute Gasteiger partial charge is 0.497 e. The quantitative estimate of drug-likeness (QED) is 0.216. The van der Waals surface area contributed by atoms with Crippen molar-refractivity contribution < 1.29 is 33.7 Å². The number of hydrogen-bond acceptors (Lipinski definition) is 7. The van der Waals surface area contributed by atoms with Gasteiger partial charge in [0.15, 0.2) is 0 Å². The molecule has 4 atom stereocenters. The Kier molecular flexibility index (Phi) is 14.5. The van der Waals surface area contributed by atoms with E-state index in [1.165, 1.54) is 0 Å². The lowest BCUT2D eigenvalue weighted by atomic mass is 9.88. The third-order valence-corrected chi connectivity index (χ3v) is 6.83. The Bertz CT molecular complexity index is 1150. The maximum Gasteiger partial charge on any atom is 0.407 e. The smallest absolute Gasteiger partial charge is 0.407 e. The van der Waals surface area contributed by atoms with Gasteiger partial charge in [0.2, 0.25) is 11.8 Å². The van der Waals surface area contributed by atoms with Crippen molar-refractivity contribution in [3.8, 4) is 5.75 Å². The van der Waals surface area contributed by atoms with Crippen molar-refractivity contribution in [3.05, 3.63) is 65.7 Å². The van der Waals surface area contributed by atoms with Gasteiger partial charge in [-0.05, 0) is 69.2 Å². The fourth-order valence-corrected chi connectivity index (χ4v) is 4.63. The van der Waals surface area contributed by atoms with Gasteiger partial charge in [0, 0.05) is 19.6 Å². The van der Waals surface area contributed by atoms with Crippen LogP contribution in [0.5, 0.6) is 5.75 Å². The molecular weight excluding hydrogens is 550 g/mol. The molecule has 0 bridgehead atoms. The minimum Gasteiger partial charge on any atom is -0.497 e. The van der Waals surface area contributed by atoms with E-state index in [1.807, 2.05) is 68.4 Å². The Hall–Kier alpha value is -3.63. The summed E-state index contributed by atoms with van der Waals surface area (Å²) in [6.45, 7) is 9.67. The number of aliphatic hydroxyl groups is 1. The van der Waals surface area contributed by atoms with Crippen molar-refractivity contribution in [1.82, 2.24) is 16.0 Å². The van der Waals surface area contributed by atoms with Crippen LogP contribution in [0.2, 0.25) is 0 Å². The van der Waals surface area contributed by atoms with E-state index >= 15 is 0 Å². The topological polar surface area (TPSA) is 135 Å². The second kappa shape index (κ2) is 17.5. The molecule has 4 unspecified atom stereocenters. The van der Waals surface area contributed by atoms with E-state index in [-0.39, 0.29) is 30.6 Å². The van der Waals surface area contributed by atoms with Crippen LogP contribution in [0.4, 0.5) is 4.79 Å². The molecule has 0 aromatic heterocycles. The third-order valence-electron chi connectivity index (χ3n) is 6.83. The van der Waals surface area contributed by atoms with Gasteiger partial charge in [0.25, 0.3) is 0 Å². The zero-order valence-corrected chi connectivity index (χ0v) is 26.5. The molecule has 4 N–H and O–H groups in total. The number of amides is 3. The summed E-state index contributed by atoms with van der Waals surface area (Å²) in [7, 11) is 3.12. The number of hydrogen-bond donors (Lipinski definition) is 4. The molecule has 10 nitrogen and oxygen atoms in total. The summed E-state index contributed by atoms with van der Waals surface area (Å²) in [5, 5.41) is 20.1. The average Bonchev–Trinajstić information content (AvgIpc) is 2.94. The lowest BCUT2D eigenvalue weighted by Crippen LogP contribution is -2.53. The van der Waals surface area contributed by atoms with E-state index in [2.05, 4.69) is 16.0 Å². The van der Waals surface area contributed by atoms with Crippen LogP contribution in [-0.2, 0) is 31.9 Å². The summed E-state index contributed by atoms with van der Waals surface area (Å²) in [5.74, 6) is -0.960. The molecule has 0 aliphatic carbocycles. The number of carbonyl (C=O) groups excluding carboxylic acids is 3. The first-order chi connectivity index (χ1) is 20.3. The lowest BCUT2D eigenvalue weighted by Gasteiger charge is -2.30. The van der Waals surface area contributed by atoms with Gasteiger partial charge in [-0.3, -0.25) is 9.59 Å². The second-order valence-electron chi connectivity index (χ2n) is 12.0. The van der Waals surface area contributed by atoms with Crippen LogP contribution >= 0.6 is 0 Å². The predicted molar refractivity (Wildman–Crippen MR) is 166 cm³/mol. The molecule has 43 heavy (non-hydrogen) atoms. The minimum absolute atomic E-state index is 0.0203. The zero-order valence-electron chi connectivity index (χ0n) is 26.5. The minimum atomic E-state index is -1.11. The zero-order chi connectivity index (χ0) is 32.0. The third kappa shape index (κ3) is 13.0. The fourth-order valence-electron chi connectivity index (χ4n) is 4.63. The number of nitrogens with one attached hydrogen (secondary N) is 3. The molecule has 0 radical (unpaired) electrons. The van der Waals surface area contributed by atoms with E-state index < -0.39 is 35.8 Å². The molecule has 0 spiro atoms. The van der Waals surface area contributed by atoms with Crippen molar-refractivity contribution in [2.24, 2.45) is 11.8 Å². The van der Waals surface area contributed by atoms with Gasteiger partial charge < -0.3 is 35.3 Å². The molecule has 0 aliphatic rings. The first kappa shape index (κ1) is 35.6. The highest BCUT2D eigenvalue weighted by molar-refractivity contribution is 5.88. The van der Waals surface area contributed by atoms with Crippen LogP contribution in [0.15, 0.2) is 54.6 Å². The van der Waals surface area contributed by atoms with Crippen molar-refractivity contribution in [2.75, 3.05) is 27.4 Å². The standard InChI is InChI=1S/C33H49N3O7/c1-22(2)29(31(39)34-16-17-41-6)36-30(38)25(18-24-14-11-15-26(19-24)42-7)21-28(37)27(20-23-12-9-8-10-13-23)35-32(40)43-33(3,4)5/h8-15,19,22,25,27-29,37H,16-18,20-21H2,1-7H3,(H,34,39)(H,35,40)(H,36,38). The van der Waals surface area contributed by atoms with Crippen molar-refractivity contribution in [2.45, 2.75) is 77.7 Å². The summed E-state index contributed by atoms with van der Waals surface area (Å²) < 4.78 is 15.9. The average molecular weight is 600 g/mol. The van der Waals surface area contributed by atoms with Crippen LogP contribution in [0.3, 0.4) is 0 Å². The summed E-state index contributed by atoms with van der Waals surface area (Å²) in [4.78, 5) is 39.5. The van der Waals surface area contributed by atoms with Gasteiger partial charge in [-0.15, -0.1) is 0 Å². The number of ether oxygens (including phenoxy) is 3. The Morgan fingerprint density at radius 2 is 1.56 bits per heavy atom. The monoisotopic (exact) mass is 599 g/mol. The second-order valence-corrected chi connectivity index (χ2v) is 12.0. The lowest BCUT2D eigenvalue weighted by molar-refractivity contribution is -0.132. The number of carbonyl (C=O) groups is 3. The van der Waals surface area contributed by atoms with Crippen LogP contribution in [0, 0.1) is 11.8 Å². The summed E-state index contributed by atoms with van der Waals surface area (Å²) in [6.07, 6.45) is -1.14. The first-order valence-corrected chi connectivity index (χ1v) is 14.7. The van der Waals surface area contributed by atoms with Gasteiger partial charge >= 0.3 is 6.09 Å². The molecule has 238 valence electrons. The van der Waals surface area contributed by atoms with Crippen LogP contribution < -0.4 is 20.7 Å². The molecule has 0 saturated heterocycles. The molecule has 0 fully saturated rings. The summed E-state index contributed by atoms with van der Waals surface area (Å²) in [5.41, 5.74) is 1.01. The molecule has 0 aliphatic heterocycles. The molecule has 0 saturated carbocycles. The van der Waals surface area contributed by atoms with E-state index in [4.69, 9.17) is 14.2 Å². The Labute approximate surface area is 255 Å². The normalized spacial score (nSPS) is 14.3. The molecule has 0 heterocycles. The maximum absolute atomic E-state index is 13.8. The SMILES string of the molecule is COCCNC(=O)C(NC(=O)C(Cc1cccc(OC)c1)CC(O)C(Cc1ccccc1)NC(=O)OC(C)(C)C)C(C)C. The molecule has 10 heteroatoms. The van der Waals surface area contributed by atoms with Crippen molar-refractivity contribution in [3.63, 3.8) is 0 Å².